The van der Waals surface area contributed by atoms with Crippen LogP contribution in [0, 0.1) is 0 Å². The molecule has 0 saturated carbocycles. The predicted molar refractivity (Wildman–Crippen MR) is 107 cm³/mol. The largest absolute Gasteiger partial charge is 0.475 e. The Hall–Kier alpha value is -2.72. The predicted octanol–water partition coefficient (Wildman–Crippen LogP) is 5.22. The van der Waals surface area contributed by atoms with Gasteiger partial charge < -0.3 is 9.64 Å². The number of ether oxygens (including phenoxy) is 1. The molecule has 0 saturated heterocycles. The molecule has 3 aromatic rings. The van der Waals surface area contributed by atoms with Gasteiger partial charge in [0.15, 0.2) is 5.44 Å². The van der Waals surface area contributed by atoms with E-state index in [4.69, 9.17) is 4.74 Å². The quantitative estimate of drug-likeness (QED) is 0.641. The zero-order valence-corrected chi connectivity index (χ0v) is 15.3. The lowest BCUT2D eigenvalue weighted by Gasteiger charge is -2.35. The van der Waals surface area contributed by atoms with Crippen LogP contribution in [0.5, 0.6) is 5.75 Å². The highest BCUT2D eigenvalue weighted by molar-refractivity contribution is 7.99. The zero-order chi connectivity index (χ0) is 17.9. The lowest BCUT2D eigenvalue weighted by molar-refractivity contribution is -0.116. The summed E-state index contributed by atoms with van der Waals surface area (Å²) in [5.41, 5.74) is 2.81. The molecule has 130 valence electrons. The number of thioether (sulfide) groups is 1. The van der Waals surface area contributed by atoms with Gasteiger partial charge >= 0.3 is 0 Å². The van der Waals surface area contributed by atoms with Crippen molar-refractivity contribution in [3.8, 4) is 16.9 Å². The van der Waals surface area contributed by atoms with E-state index in [2.05, 4.69) is 24.3 Å². The van der Waals surface area contributed by atoms with Crippen molar-refractivity contribution >= 4 is 23.4 Å². The number of anilines is 1. The number of nitrogens with zero attached hydrogens (tertiary/aromatic N) is 1. The minimum Gasteiger partial charge on any atom is -0.475 e. The Labute approximate surface area is 157 Å². The van der Waals surface area contributed by atoms with Crippen LogP contribution in [0.15, 0.2) is 83.8 Å². The van der Waals surface area contributed by atoms with E-state index in [1.54, 1.807) is 18.7 Å². The number of rotatable bonds is 3. The number of fused-ring (bicyclic) bond motifs is 1. The standard InChI is InChI=1S/C22H19NO2S/c1-16(24)23-15-21(26-18-11-6-3-7-12-18)25-20-14-8-13-19(22(20)23)17-9-4-2-5-10-17/h2-14,21H,15H2,1H3. The van der Waals surface area contributed by atoms with Crippen LogP contribution < -0.4 is 9.64 Å². The van der Waals surface area contributed by atoms with Crippen molar-refractivity contribution in [2.45, 2.75) is 17.3 Å². The normalized spacial score (nSPS) is 15.9. The second-order valence-corrected chi connectivity index (χ2v) is 7.36. The minimum atomic E-state index is -0.139. The van der Waals surface area contributed by atoms with Gasteiger partial charge in [0.1, 0.15) is 5.75 Å². The van der Waals surface area contributed by atoms with Crippen LogP contribution in [-0.4, -0.2) is 17.9 Å². The maximum Gasteiger partial charge on any atom is 0.224 e. The summed E-state index contributed by atoms with van der Waals surface area (Å²) in [5.74, 6) is 0.776. The fourth-order valence-corrected chi connectivity index (χ4v) is 4.16. The molecule has 3 nitrogen and oxygen atoms in total. The summed E-state index contributed by atoms with van der Waals surface area (Å²) in [7, 11) is 0. The van der Waals surface area contributed by atoms with E-state index >= 15 is 0 Å². The van der Waals surface area contributed by atoms with Gasteiger partial charge in [-0.15, -0.1) is 0 Å². The smallest absolute Gasteiger partial charge is 0.224 e. The van der Waals surface area contributed by atoms with Gasteiger partial charge in [0.2, 0.25) is 5.91 Å². The van der Waals surface area contributed by atoms with E-state index in [9.17, 15) is 4.79 Å². The molecular weight excluding hydrogens is 342 g/mol. The topological polar surface area (TPSA) is 29.5 Å². The van der Waals surface area contributed by atoms with Gasteiger partial charge in [-0.2, -0.15) is 0 Å². The van der Waals surface area contributed by atoms with Crippen LogP contribution in [0.25, 0.3) is 11.1 Å². The monoisotopic (exact) mass is 361 g/mol. The van der Waals surface area contributed by atoms with Gasteiger partial charge in [0, 0.05) is 17.4 Å². The molecule has 26 heavy (non-hydrogen) atoms. The van der Waals surface area contributed by atoms with Gasteiger partial charge in [-0.3, -0.25) is 4.79 Å². The second-order valence-electron chi connectivity index (χ2n) is 6.13. The molecule has 0 aromatic heterocycles. The molecule has 1 heterocycles. The minimum absolute atomic E-state index is 0.0246. The first-order valence-electron chi connectivity index (χ1n) is 8.57. The molecule has 1 aliphatic heterocycles. The van der Waals surface area contributed by atoms with Gasteiger partial charge in [-0.25, -0.2) is 0 Å². The number of hydrogen-bond donors (Lipinski definition) is 0. The Balaban J connectivity index is 1.72. The number of hydrogen-bond acceptors (Lipinski definition) is 3. The molecule has 0 spiro atoms. The van der Waals surface area contributed by atoms with Gasteiger partial charge in [0.25, 0.3) is 0 Å². The number of carbonyl (C=O) groups excluding carboxylic acids is 1. The maximum absolute atomic E-state index is 12.4. The SMILES string of the molecule is CC(=O)N1CC(Sc2ccccc2)Oc2cccc(-c3ccccc3)c21. The van der Waals surface area contributed by atoms with Crippen LogP contribution in [0.1, 0.15) is 6.92 Å². The van der Waals surface area contributed by atoms with Crippen LogP contribution in [-0.2, 0) is 4.79 Å². The van der Waals surface area contributed by atoms with E-state index in [-0.39, 0.29) is 11.3 Å². The van der Waals surface area contributed by atoms with Gasteiger partial charge in [-0.1, -0.05) is 72.4 Å². The van der Waals surface area contributed by atoms with E-state index in [1.165, 1.54) is 0 Å². The molecule has 3 aromatic carbocycles. The van der Waals surface area contributed by atoms with Crippen molar-refractivity contribution in [3.63, 3.8) is 0 Å². The van der Waals surface area contributed by atoms with Crippen LogP contribution in [0.4, 0.5) is 5.69 Å². The lowest BCUT2D eigenvalue weighted by atomic mass is 10.0. The van der Waals surface area contributed by atoms with E-state index in [1.807, 2.05) is 59.5 Å². The number of benzene rings is 3. The molecule has 0 N–H and O–H groups in total. The third-order valence-corrected chi connectivity index (χ3v) is 5.39. The number of amides is 1. The fraction of sp³-hybridized carbons (Fsp3) is 0.136. The van der Waals surface area contributed by atoms with Crippen molar-refractivity contribution < 1.29 is 9.53 Å². The summed E-state index contributed by atoms with van der Waals surface area (Å²) < 4.78 is 6.25. The van der Waals surface area contributed by atoms with Crippen molar-refractivity contribution in [3.05, 3.63) is 78.9 Å². The Kier molecular flexibility index (Phi) is 4.67. The molecule has 1 aliphatic rings. The average molecular weight is 361 g/mol. The van der Waals surface area contributed by atoms with E-state index in [0.29, 0.717) is 6.54 Å². The first-order valence-corrected chi connectivity index (χ1v) is 9.45. The van der Waals surface area contributed by atoms with E-state index < -0.39 is 0 Å². The highest BCUT2D eigenvalue weighted by Gasteiger charge is 2.31. The Bertz CT molecular complexity index is 912. The zero-order valence-electron chi connectivity index (χ0n) is 14.5. The Morgan fingerprint density at radius 2 is 1.65 bits per heavy atom. The molecule has 4 rings (SSSR count). The third-order valence-electron chi connectivity index (χ3n) is 4.33. The van der Waals surface area contributed by atoms with Crippen LogP contribution in [0.3, 0.4) is 0 Å². The van der Waals surface area contributed by atoms with Crippen molar-refractivity contribution in [1.29, 1.82) is 0 Å². The summed E-state index contributed by atoms with van der Waals surface area (Å²) in [6.45, 7) is 2.13. The number of carbonyl (C=O) groups is 1. The molecule has 0 fully saturated rings. The van der Waals surface area contributed by atoms with Crippen molar-refractivity contribution in [2.75, 3.05) is 11.4 Å². The summed E-state index contributed by atoms with van der Waals surface area (Å²) >= 11 is 1.63. The second kappa shape index (κ2) is 7.26. The molecule has 4 heteroatoms. The molecule has 1 amide bonds. The molecule has 1 unspecified atom stereocenters. The molecule has 1 atom stereocenters. The average Bonchev–Trinajstić information content (AvgIpc) is 2.68. The Morgan fingerprint density at radius 1 is 0.962 bits per heavy atom. The van der Waals surface area contributed by atoms with Crippen molar-refractivity contribution in [1.82, 2.24) is 0 Å². The molecular formula is C22H19NO2S. The maximum atomic E-state index is 12.4. The van der Waals surface area contributed by atoms with Crippen molar-refractivity contribution in [2.24, 2.45) is 0 Å². The fourth-order valence-electron chi connectivity index (χ4n) is 3.16. The number of para-hydroxylation sites is 1. The van der Waals surface area contributed by atoms with E-state index in [0.717, 1.165) is 27.5 Å². The molecule has 0 aliphatic carbocycles. The summed E-state index contributed by atoms with van der Waals surface area (Å²) in [4.78, 5) is 15.4. The first-order chi connectivity index (χ1) is 12.7. The third kappa shape index (κ3) is 3.33. The van der Waals surface area contributed by atoms with Gasteiger partial charge in [0.05, 0.1) is 12.2 Å². The Morgan fingerprint density at radius 3 is 2.35 bits per heavy atom. The van der Waals surface area contributed by atoms with Gasteiger partial charge in [-0.05, 0) is 23.8 Å². The first kappa shape index (κ1) is 16.7. The summed E-state index contributed by atoms with van der Waals surface area (Å²) in [6, 6.07) is 26.2. The van der Waals surface area contributed by atoms with Crippen LogP contribution >= 0.6 is 11.8 Å². The highest BCUT2D eigenvalue weighted by Crippen LogP contribution is 2.44. The summed E-state index contributed by atoms with van der Waals surface area (Å²) in [5, 5.41) is 0. The van der Waals surface area contributed by atoms with Crippen LogP contribution in [0.2, 0.25) is 0 Å². The molecule has 0 radical (unpaired) electrons. The highest BCUT2D eigenvalue weighted by atomic mass is 32.2. The summed E-state index contributed by atoms with van der Waals surface area (Å²) in [6.07, 6.45) is 0. The molecule has 0 bridgehead atoms. The lowest BCUT2D eigenvalue weighted by Crippen LogP contribution is -2.41.